The van der Waals surface area contributed by atoms with Gasteiger partial charge in [0.2, 0.25) is 0 Å². The molecule has 4 rings (SSSR count). The fourth-order valence-corrected chi connectivity index (χ4v) is 4.12. The van der Waals surface area contributed by atoms with E-state index in [0.29, 0.717) is 0 Å². The molecule has 0 N–H and O–H groups in total. The lowest BCUT2D eigenvalue weighted by atomic mass is 10.0. The summed E-state index contributed by atoms with van der Waals surface area (Å²) in [5.74, 6) is 2.55. The Morgan fingerprint density at radius 3 is 2.30 bits per heavy atom. The number of likely N-dealkylation sites (tertiary alicyclic amines) is 2. The predicted octanol–water partition coefficient (Wildman–Crippen LogP) is 2.25. The second-order valence-electron chi connectivity index (χ2n) is 7.03. The molecule has 2 fully saturated rings. The molecule has 4 heterocycles. The number of fused-ring (bicyclic) bond motifs is 1. The van der Waals surface area contributed by atoms with Crippen LogP contribution in [0.15, 0.2) is 28.9 Å². The van der Waals surface area contributed by atoms with Gasteiger partial charge in [0, 0.05) is 51.0 Å². The molecule has 0 saturated carbocycles. The van der Waals surface area contributed by atoms with Crippen LogP contribution >= 0.6 is 0 Å². The van der Waals surface area contributed by atoms with Crippen LogP contribution in [0.4, 0.5) is 0 Å². The van der Waals surface area contributed by atoms with Crippen LogP contribution in [0.1, 0.15) is 22.7 Å². The SMILES string of the molecule is Cc1noc(C)c1CN1C[C@H]2CN(Cc3ccccn3)C[C@@H]2C1. The Kier molecular flexibility index (Phi) is 3.91. The fraction of sp³-hybridized carbons (Fsp3) is 0.556. The molecule has 2 aliphatic rings. The maximum absolute atomic E-state index is 5.29. The molecule has 23 heavy (non-hydrogen) atoms. The number of aromatic nitrogens is 2. The fourth-order valence-electron chi connectivity index (χ4n) is 4.12. The molecule has 0 radical (unpaired) electrons. The third-order valence-corrected chi connectivity index (χ3v) is 5.31. The summed E-state index contributed by atoms with van der Waals surface area (Å²) in [6.45, 7) is 10.8. The molecule has 2 aromatic rings. The van der Waals surface area contributed by atoms with E-state index in [1.165, 1.54) is 37.4 Å². The Bertz CT molecular complexity index is 635. The highest BCUT2D eigenvalue weighted by atomic mass is 16.5. The van der Waals surface area contributed by atoms with Gasteiger partial charge in [0.1, 0.15) is 5.76 Å². The number of rotatable bonds is 4. The van der Waals surface area contributed by atoms with E-state index in [1.54, 1.807) is 0 Å². The Labute approximate surface area is 137 Å². The quantitative estimate of drug-likeness (QED) is 0.866. The van der Waals surface area contributed by atoms with Crippen LogP contribution in [0, 0.1) is 25.7 Å². The number of pyridine rings is 1. The molecular weight excluding hydrogens is 288 g/mol. The molecule has 0 bridgehead atoms. The van der Waals surface area contributed by atoms with E-state index >= 15 is 0 Å². The topological polar surface area (TPSA) is 45.4 Å². The van der Waals surface area contributed by atoms with Crippen LogP contribution < -0.4 is 0 Å². The third kappa shape index (κ3) is 3.03. The monoisotopic (exact) mass is 312 g/mol. The smallest absolute Gasteiger partial charge is 0.138 e. The number of hydrogen-bond donors (Lipinski definition) is 0. The standard InChI is InChI=1S/C18H24N4O/c1-13-18(14(2)23-20-13)12-22-9-15-7-21(8-16(15)10-22)11-17-5-3-4-6-19-17/h3-6,15-16H,7-12H2,1-2H3/t15-,16-/m1/s1. The van der Waals surface area contributed by atoms with Gasteiger partial charge >= 0.3 is 0 Å². The lowest BCUT2D eigenvalue weighted by Gasteiger charge is -2.21. The molecule has 2 atom stereocenters. The predicted molar refractivity (Wildman–Crippen MR) is 87.7 cm³/mol. The second kappa shape index (κ2) is 6.06. The van der Waals surface area contributed by atoms with E-state index in [2.05, 4.69) is 32.1 Å². The Hall–Kier alpha value is -1.72. The van der Waals surface area contributed by atoms with Crippen LogP contribution in [0.2, 0.25) is 0 Å². The van der Waals surface area contributed by atoms with E-state index in [4.69, 9.17) is 4.52 Å². The van der Waals surface area contributed by atoms with Crippen LogP contribution in [0.5, 0.6) is 0 Å². The zero-order valence-electron chi connectivity index (χ0n) is 13.9. The average molecular weight is 312 g/mol. The number of hydrogen-bond acceptors (Lipinski definition) is 5. The van der Waals surface area contributed by atoms with Crippen molar-refractivity contribution in [3.8, 4) is 0 Å². The summed E-state index contributed by atoms with van der Waals surface area (Å²) < 4.78 is 5.29. The summed E-state index contributed by atoms with van der Waals surface area (Å²) in [7, 11) is 0. The molecule has 5 heteroatoms. The van der Waals surface area contributed by atoms with Crippen molar-refractivity contribution in [2.75, 3.05) is 26.2 Å². The van der Waals surface area contributed by atoms with Gasteiger partial charge in [-0.2, -0.15) is 0 Å². The minimum absolute atomic E-state index is 0.791. The highest BCUT2D eigenvalue weighted by molar-refractivity contribution is 5.21. The molecule has 0 aliphatic carbocycles. The minimum Gasteiger partial charge on any atom is -0.361 e. The average Bonchev–Trinajstić information content (AvgIpc) is 3.17. The van der Waals surface area contributed by atoms with Crippen molar-refractivity contribution in [1.29, 1.82) is 0 Å². The summed E-state index contributed by atoms with van der Waals surface area (Å²) in [5, 5.41) is 4.07. The zero-order chi connectivity index (χ0) is 15.8. The van der Waals surface area contributed by atoms with E-state index in [1.807, 2.05) is 26.1 Å². The summed E-state index contributed by atoms with van der Waals surface area (Å²) in [5.41, 5.74) is 3.49. The minimum atomic E-state index is 0.791. The van der Waals surface area contributed by atoms with Gasteiger partial charge in [-0.05, 0) is 37.8 Å². The molecule has 2 aliphatic heterocycles. The van der Waals surface area contributed by atoms with Gasteiger partial charge in [0.25, 0.3) is 0 Å². The molecule has 122 valence electrons. The van der Waals surface area contributed by atoms with Gasteiger partial charge < -0.3 is 4.52 Å². The van der Waals surface area contributed by atoms with E-state index in [-0.39, 0.29) is 0 Å². The van der Waals surface area contributed by atoms with Crippen LogP contribution in [0.25, 0.3) is 0 Å². The van der Waals surface area contributed by atoms with Gasteiger partial charge in [0.05, 0.1) is 11.4 Å². The van der Waals surface area contributed by atoms with Gasteiger partial charge in [-0.25, -0.2) is 0 Å². The van der Waals surface area contributed by atoms with Gasteiger partial charge in [-0.15, -0.1) is 0 Å². The van der Waals surface area contributed by atoms with Gasteiger partial charge in [0.15, 0.2) is 0 Å². The highest BCUT2D eigenvalue weighted by Gasteiger charge is 2.40. The van der Waals surface area contributed by atoms with Crippen molar-refractivity contribution in [2.24, 2.45) is 11.8 Å². The van der Waals surface area contributed by atoms with Crippen molar-refractivity contribution in [1.82, 2.24) is 19.9 Å². The van der Waals surface area contributed by atoms with E-state index in [0.717, 1.165) is 36.4 Å². The number of nitrogens with zero attached hydrogens (tertiary/aromatic N) is 4. The molecular formula is C18H24N4O. The van der Waals surface area contributed by atoms with Gasteiger partial charge in [-0.1, -0.05) is 11.2 Å². The van der Waals surface area contributed by atoms with Crippen molar-refractivity contribution in [3.05, 3.63) is 47.1 Å². The summed E-state index contributed by atoms with van der Waals surface area (Å²) in [4.78, 5) is 9.58. The molecule has 0 spiro atoms. The first-order chi connectivity index (χ1) is 11.2. The lowest BCUT2D eigenvalue weighted by Crippen LogP contribution is -2.28. The molecule has 0 aromatic carbocycles. The van der Waals surface area contributed by atoms with Gasteiger partial charge in [-0.3, -0.25) is 14.8 Å². The van der Waals surface area contributed by atoms with E-state index in [9.17, 15) is 0 Å². The van der Waals surface area contributed by atoms with Crippen molar-refractivity contribution in [3.63, 3.8) is 0 Å². The molecule has 0 amide bonds. The van der Waals surface area contributed by atoms with Crippen LogP contribution in [0.3, 0.4) is 0 Å². The summed E-state index contributed by atoms with van der Waals surface area (Å²) in [6, 6.07) is 6.18. The maximum Gasteiger partial charge on any atom is 0.138 e. The molecule has 5 nitrogen and oxygen atoms in total. The Morgan fingerprint density at radius 2 is 1.74 bits per heavy atom. The normalized spacial score (nSPS) is 25.1. The third-order valence-electron chi connectivity index (χ3n) is 5.31. The first-order valence-corrected chi connectivity index (χ1v) is 8.45. The largest absolute Gasteiger partial charge is 0.361 e. The van der Waals surface area contributed by atoms with Crippen molar-refractivity contribution in [2.45, 2.75) is 26.9 Å². The lowest BCUT2D eigenvalue weighted by molar-refractivity contribution is 0.244. The van der Waals surface area contributed by atoms with Crippen molar-refractivity contribution >= 4 is 0 Å². The Balaban J connectivity index is 1.33. The molecule has 2 saturated heterocycles. The Morgan fingerprint density at radius 1 is 1.04 bits per heavy atom. The first-order valence-electron chi connectivity index (χ1n) is 8.45. The molecule has 2 aromatic heterocycles. The first kappa shape index (κ1) is 14.8. The highest BCUT2D eigenvalue weighted by Crippen LogP contribution is 2.33. The summed E-state index contributed by atoms with van der Waals surface area (Å²) >= 11 is 0. The maximum atomic E-state index is 5.29. The van der Waals surface area contributed by atoms with Crippen LogP contribution in [-0.2, 0) is 13.1 Å². The van der Waals surface area contributed by atoms with E-state index < -0.39 is 0 Å². The molecule has 0 unspecified atom stereocenters. The zero-order valence-corrected chi connectivity index (χ0v) is 13.9. The number of aryl methyl sites for hydroxylation is 2. The second-order valence-corrected chi connectivity index (χ2v) is 7.03. The van der Waals surface area contributed by atoms with Crippen molar-refractivity contribution < 1.29 is 4.52 Å². The summed E-state index contributed by atoms with van der Waals surface area (Å²) in [6.07, 6.45) is 1.89. The van der Waals surface area contributed by atoms with Crippen LogP contribution in [-0.4, -0.2) is 46.1 Å².